The van der Waals surface area contributed by atoms with Gasteiger partial charge in [0.1, 0.15) is 5.69 Å². The Balaban J connectivity index is 1.71. The predicted octanol–water partition coefficient (Wildman–Crippen LogP) is 3.62. The molecule has 0 unspecified atom stereocenters. The molecule has 5 heteroatoms. The summed E-state index contributed by atoms with van der Waals surface area (Å²) < 4.78 is 0. The van der Waals surface area contributed by atoms with Crippen molar-refractivity contribution >= 4 is 17.5 Å². The lowest BCUT2D eigenvalue weighted by Gasteiger charge is -2.12. The molecule has 0 atom stereocenters. The molecule has 130 valence electrons. The van der Waals surface area contributed by atoms with Gasteiger partial charge in [-0.05, 0) is 50.5 Å². The molecule has 1 fully saturated rings. The number of hydrogen-bond acceptors (Lipinski definition) is 3. The Labute approximate surface area is 147 Å². The molecule has 1 aromatic heterocycles. The minimum absolute atomic E-state index is 0.144. The quantitative estimate of drug-likeness (QED) is 0.895. The average molecular weight is 337 g/mol. The molecule has 1 aromatic carbocycles. The summed E-state index contributed by atoms with van der Waals surface area (Å²) >= 11 is 0. The molecule has 3 rings (SSSR count). The predicted molar refractivity (Wildman–Crippen MR) is 97.8 cm³/mol. The monoisotopic (exact) mass is 337 g/mol. The summed E-state index contributed by atoms with van der Waals surface area (Å²) in [6.45, 7) is 3.95. The van der Waals surface area contributed by atoms with Crippen LogP contribution in [0.1, 0.15) is 57.7 Å². The molecule has 0 bridgehead atoms. The van der Waals surface area contributed by atoms with Crippen molar-refractivity contribution in [2.45, 2.75) is 45.6 Å². The third kappa shape index (κ3) is 4.24. The zero-order valence-electron chi connectivity index (χ0n) is 14.6. The molecule has 1 heterocycles. The maximum atomic E-state index is 12.5. The van der Waals surface area contributed by atoms with E-state index in [1.54, 1.807) is 12.1 Å². The lowest BCUT2D eigenvalue weighted by atomic mass is 10.1. The first-order valence-electron chi connectivity index (χ1n) is 8.68. The van der Waals surface area contributed by atoms with Crippen LogP contribution in [0.25, 0.3) is 0 Å². The van der Waals surface area contributed by atoms with Crippen molar-refractivity contribution in [3.05, 3.63) is 58.9 Å². The van der Waals surface area contributed by atoms with Crippen molar-refractivity contribution in [1.82, 2.24) is 10.3 Å². The molecule has 2 aromatic rings. The second-order valence-corrected chi connectivity index (χ2v) is 6.66. The van der Waals surface area contributed by atoms with Crippen LogP contribution in [0.15, 0.2) is 36.5 Å². The van der Waals surface area contributed by atoms with Crippen LogP contribution in [0.4, 0.5) is 5.69 Å². The van der Waals surface area contributed by atoms with Gasteiger partial charge in [-0.25, -0.2) is 0 Å². The topological polar surface area (TPSA) is 71.1 Å². The molecule has 0 saturated heterocycles. The molecule has 1 aliphatic carbocycles. The second kappa shape index (κ2) is 7.47. The number of aryl methyl sites for hydroxylation is 2. The van der Waals surface area contributed by atoms with Crippen molar-refractivity contribution in [1.29, 1.82) is 0 Å². The Bertz CT molecular complexity index is 795. The number of nitrogens with zero attached hydrogens (tertiary/aromatic N) is 1. The maximum absolute atomic E-state index is 12.5. The van der Waals surface area contributed by atoms with E-state index in [9.17, 15) is 9.59 Å². The van der Waals surface area contributed by atoms with E-state index in [-0.39, 0.29) is 23.6 Å². The zero-order valence-corrected chi connectivity index (χ0v) is 14.6. The minimum atomic E-state index is -0.317. The number of carbonyl (C=O) groups is 2. The highest BCUT2D eigenvalue weighted by atomic mass is 16.2. The minimum Gasteiger partial charge on any atom is -0.349 e. The number of rotatable bonds is 4. The van der Waals surface area contributed by atoms with Gasteiger partial charge in [-0.3, -0.25) is 14.6 Å². The first kappa shape index (κ1) is 17.1. The van der Waals surface area contributed by atoms with E-state index >= 15 is 0 Å². The highest BCUT2D eigenvalue weighted by Crippen LogP contribution is 2.19. The lowest BCUT2D eigenvalue weighted by molar-refractivity contribution is 0.0937. The van der Waals surface area contributed by atoms with Gasteiger partial charge < -0.3 is 10.6 Å². The summed E-state index contributed by atoms with van der Waals surface area (Å²) in [5.74, 6) is -0.461. The number of nitrogens with one attached hydrogen (secondary N) is 2. The molecule has 1 aliphatic rings. The summed E-state index contributed by atoms with van der Waals surface area (Å²) in [4.78, 5) is 28.9. The Hall–Kier alpha value is -2.69. The molecule has 0 radical (unpaired) electrons. The lowest BCUT2D eigenvalue weighted by Crippen LogP contribution is -2.32. The fourth-order valence-electron chi connectivity index (χ4n) is 3.18. The molecule has 0 spiro atoms. The van der Waals surface area contributed by atoms with E-state index in [2.05, 4.69) is 15.6 Å². The number of aromatic nitrogens is 1. The first-order valence-corrected chi connectivity index (χ1v) is 8.68. The molecule has 25 heavy (non-hydrogen) atoms. The van der Waals surface area contributed by atoms with E-state index in [0.29, 0.717) is 5.56 Å². The van der Waals surface area contributed by atoms with Gasteiger partial charge in [0, 0.05) is 23.5 Å². The van der Waals surface area contributed by atoms with Gasteiger partial charge in [-0.15, -0.1) is 0 Å². The van der Waals surface area contributed by atoms with Gasteiger partial charge in [0.2, 0.25) is 0 Å². The maximum Gasteiger partial charge on any atom is 0.274 e. The fourth-order valence-corrected chi connectivity index (χ4v) is 3.18. The van der Waals surface area contributed by atoms with Gasteiger partial charge >= 0.3 is 0 Å². The van der Waals surface area contributed by atoms with Gasteiger partial charge in [-0.2, -0.15) is 0 Å². The Morgan fingerprint density at radius 3 is 2.52 bits per heavy atom. The number of anilines is 1. The second-order valence-electron chi connectivity index (χ2n) is 6.66. The number of carbonyl (C=O) groups excluding carboxylic acids is 2. The van der Waals surface area contributed by atoms with E-state index in [4.69, 9.17) is 0 Å². The van der Waals surface area contributed by atoms with Crippen molar-refractivity contribution in [3.63, 3.8) is 0 Å². The summed E-state index contributed by atoms with van der Waals surface area (Å²) in [5, 5.41) is 5.89. The van der Waals surface area contributed by atoms with Crippen LogP contribution in [-0.2, 0) is 0 Å². The summed E-state index contributed by atoms with van der Waals surface area (Å²) in [7, 11) is 0. The average Bonchev–Trinajstić information content (AvgIpc) is 3.10. The Morgan fingerprint density at radius 2 is 1.80 bits per heavy atom. The van der Waals surface area contributed by atoms with E-state index in [1.165, 1.54) is 6.20 Å². The molecule has 5 nitrogen and oxygen atoms in total. The fraction of sp³-hybridized carbons (Fsp3) is 0.350. The molecule has 1 saturated carbocycles. The van der Waals surface area contributed by atoms with Crippen molar-refractivity contribution in [2.75, 3.05) is 5.32 Å². The molecule has 2 amide bonds. The largest absolute Gasteiger partial charge is 0.349 e. The van der Waals surface area contributed by atoms with Gasteiger partial charge in [0.05, 0.1) is 0 Å². The summed E-state index contributed by atoms with van der Waals surface area (Å²) in [6.07, 6.45) is 5.86. The van der Waals surface area contributed by atoms with E-state index < -0.39 is 0 Å². The zero-order chi connectivity index (χ0) is 17.8. The summed E-state index contributed by atoms with van der Waals surface area (Å²) in [5.41, 5.74) is 3.58. The van der Waals surface area contributed by atoms with Crippen molar-refractivity contribution < 1.29 is 9.59 Å². The number of benzene rings is 1. The summed E-state index contributed by atoms with van der Waals surface area (Å²) in [6, 6.07) is 9.25. The van der Waals surface area contributed by atoms with Crippen molar-refractivity contribution in [2.24, 2.45) is 0 Å². The molecule has 2 N–H and O–H groups in total. The molecular weight excluding hydrogens is 314 g/mol. The van der Waals surface area contributed by atoms with E-state index in [0.717, 1.165) is 42.5 Å². The van der Waals surface area contributed by atoms with E-state index in [1.807, 2.05) is 32.0 Å². The van der Waals surface area contributed by atoms with Crippen LogP contribution in [0, 0.1) is 13.8 Å². The SMILES string of the molecule is Cc1ccc(NC(=O)c2cc(C(=O)NC3CCCC3)ccn2)c(C)c1. The van der Waals surface area contributed by atoms with Crippen LogP contribution in [0.3, 0.4) is 0 Å². The number of hydrogen-bond donors (Lipinski definition) is 2. The van der Waals surface area contributed by atoms with Crippen LogP contribution in [-0.4, -0.2) is 22.8 Å². The van der Waals surface area contributed by atoms with Gasteiger partial charge in [-0.1, -0.05) is 30.5 Å². The highest BCUT2D eigenvalue weighted by molar-refractivity contribution is 6.05. The number of amides is 2. The molecular formula is C20H23N3O2. The Morgan fingerprint density at radius 1 is 1.04 bits per heavy atom. The first-order chi connectivity index (χ1) is 12.0. The Kier molecular flexibility index (Phi) is 5.12. The standard InChI is InChI=1S/C20H23N3O2/c1-13-7-8-17(14(2)11-13)23-20(25)18-12-15(9-10-21-18)19(24)22-16-5-3-4-6-16/h7-12,16H,3-6H2,1-2H3,(H,22,24)(H,23,25). The van der Waals surface area contributed by atoms with Crippen LogP contribution in [0.2, 0.25) is 0 Å². The number of pyridine rings is 1. The van der Waals surface area contributed by atoms with Crippen molar-refractivity contribution in [3.8, 4) is 0 Å². The smallest absolute Gasteiger partial charge is 0.274 e. The molecule has 0 aliphatic heterocycles. The third-order valence-corrected chi connectivity index (χ3v) is 4.58. The van der Waals surface area contributed by atoms with Crippen LogP contribution >= 0.6 is 0 Å². The highest BCUT2D eigenvalue weighted by Gasteiger charge is 2.19. The van der Waals surface area contributed by atoms with Crippen LogP contribution in [0.5, 0.6) is 0 Å². The van der Waals surface area contributed by atoms with Crippen LogP contribution < -0.4 is 10.6 Å². The van der Waals surface area contributed by atoms with Gasteiger partial charge in [0.15, 0.2) is 0 Å². The third-order valence-electron chi connectivity index (χ3n) is 4.58. The van der Waals surface area contributed by atoms with Gasteiger partial charge in [0.25, 0.3) is 11.8 Å². The normalized spacial score (nSPS) is 14.3.